The Bertz CT molecular complexity index is 160. The quantitative estimate of drug-likeness (QED) is 0.546. The van der Waals surface area contributed by atoms with Crippen LogP contribution in [0, 0.1) is 5.92 Å². The van der Waals surface area contributed by atoms with Gasteiger partial charge in [0.05, 0.1) is 0 Å². The third-order valence-electron chi connectivity index (χ3n) is 2.19. The number of rotatable bonds is 1. The van der Waals surface area contributed by atoms with Gasteiger partial charge in [0.2, 0.25) is 5.91 Å². The van der Waals surface area contributed by atoms with E-state index in [-0.39, 0.29) is 5.91 Å². The molecule has 1 heterocycles. The van der Waals surface area contributed by atoms with Gasteiger partial charge in [-0.05, 0) is 12.5 Å². The molecule has 1 atom stereocenters. The molecule has 1 rings (SSSR count). The fourth-order valence-corrected chi connectivity index (χ4v) is 1.29. The number of amides is 1. The van der Waals surface area contributed by atoms with Crippen LogP contribution in [0.3, 0.4) is 0 Å². The van der Waals surface area contributed by atoms with Crippen molar-refractivity contribution in [3.63, 3.8) is 0 Å². The Morgan fingerprint density at radius 3 is 2.73 bits per heavy atom. The number of nitrogens with two attached hydrogens (primary N) is 1. The Kier molecular flexibility index (Phi) is 2.46. The molecule has 0 aromatic carbocycles. The molecular weight excluding hydrogens is 142 g/mol. The Morgan fingerprint density at radius 2 is 2.27 bits per heavy atom. The van der Waals surface area contributed by atoms with E-state index in [4.69, 9.17) is 5.73 Å². The zero-order valence-electron chi connectivity index (χ0n) is 7.08. The lowest BCUT2D eigenvalue weighted by molar-refractivity contribution is -0.151. The van der Waals surface area contributed by atoms with Crippen molar-refractivity contribution in [2.24, 2.45) is 11.7 Å². The van der Waals surface area contributed by atoms with Crippen molar-refractivity contribution in [3.8, 4) is 0 Å². The number of hydrazine groups is 1. The fourth-order valence-electron chi connectivity index (χ4n) is 1.29. The Hall–Kier alpha value is -0.610. The molecule has 0 spiro atoms. The van der Waals surface area contributed by atoms with E-state index in [1.54, 1.807) is 12.1 Å². The van der Waals surface area contributed by atoms with Gasteiger partial charge in [-0.2, -0.15) is 0 Å². The molecule has 1 amide bonds. The van der Waals surface area contributed by atoms with Crippen molar-refractivity contribution in [3.05, 3.63) is 0 Å². The van der Waals surface area contributed by atoms with E-state index in [0.717, 1.165) is 6.54 Å². The van der Waals surface area contributed by atoms with Gasteiger partial charge in [-0.1, -0.05) is 0 Å². The van der Waals surface area contributed by atoms with E-state index < -0.39 is 0 Å². The molecule has 64 valence electrons. The normalized spacial score (nSPS) is 27.7. The van der Waals surface area contributed by atoms with Crippen LogP contribution in [0.2, 0.25) is 0 Å². The Morgan fingerprint density at radius 1 is 1.64 bits per heavy atom. The highest BCUT2D eigenvalue weighted by Crippen LogP contribution is 2.13. The summed E-state index contributed by atoms with van der Waals surface area (Å²) in [5.74, 6) is 0.498. The summed E-state index contributed by atoms with van der Waals surface area (Å²) in [5.41, 5.74) is 5.48. The molecule has 11 heavy (non-hydrogen) atoms. The van der Waals surface area contributed by atoms with E-state index in [1.165, 1.54) is 0 Å². The molecule has 0 saturated carbocycles. The predicted octanol–water partition coefficient (Wildman–Crippen LogP) is -0.730. The second kappa shape index (κ2) is 3.19. The molecule has 4 nitrogen and oxygen atoms in total. The lowest BCUT2D eigenvalue weighted by Crippen LogP contribution is -2.50. The molecule has 1 aliphatic rings. The van der Waals surface area contributed by atoms with Crippen LogP contribution in [0.25, 0.3) is 0 Å². The standard InChI is InChI=1S/C7H15N3O/c1-9-5-6(4-8)3-7(11)10(9)2/h6H,3-5,8H2,1-2H3. The zero-order valence-corrected chi connectivity index (χ0v) is 7.08. The van der Waals surface area contributed by atoms with Crippen molar-refractivity contribution in [1.82, 2.24) is 10.0 Å². The summed E-state index contributed by atoms with van der Waals surface area (Å²) in [6.07, 6.45) is 0.595. The molecular formula is C7H15N3O. The lowest BCUT2D eigenvalue weighted by atomic mass is 10.0. The highest BCUT2D eigenvalue weighted by molar-refractivity contribution is 5.76. The molecule has 0 aromatic heterocycles. The third-order valence-corrected chi connectivity index (χ3v) is 2.19. The van der Waals surface area contributed by atoms with Gasteiger partial charge in [-0.3, -0.25) is 9.80 Å². The molecule has 0 aromatic rings. The second-order valence-corrected chi connectivity index (χ2v) is 3.06. The van der Waals surface area contributed by atoms with E-state index in [2.05, 4.69) is 0 Å². The molecule has 1 saturated heterocycles. The topological polar surface area (TPSA) is 49.6 Å². The van der Waals surface area contributed by atoms with Crippen LogP contribution in [0.15, 0.2) is 0 Å². The average molecular weight is 157 g/mol. The summed E-state index contributed by atoms with van der Waals surface area (Å²) in [4.78, 5) is 11.2. The largest absolute Gasteiger partial charge is 0.330 e. The van der Waals surface area contributed by atoms with E-state index in [1.807, 2.05) is 12.1 Å². The van der Waals surface area contributed by atoms with Gasteiger partial charge in [0.25, 0.3) is 0 Å². The maximum absolute atomic E-state index is 11.2. The van der Waals surface area contributed by atoms with Crippen molar-refractivity contribution in [1.29, 1.82) is 0 Å². The van der Waals surface area contributed by atoms with Gasteiger partial charge in [0.15, 0.2) is 0 Å². The molecule has 0 aliphatic carbocycles. The number of hydrogen-bond acceptors (Lipinski definition) is 3. The minimum absolute atomic E-state index is 0.161. The molecule has 2 N–H and O–H groups in total. The van der Waals surface area contributed by atoms with Crippen LogP contribution >= 0.6 is 0 Å². The minimum Gasteiger partial charge on any atom is -0.330 e. The monoisotopic (exact) mass is 157 g/mol. The molecule has 1 fully saturated rings. The summed E-state index contributed by atoms with van der Waals surface area (Å²) in [6, 6.07) is 0. The summed E-state index contributed by atoms with van der Waals surface area (Å²) < 4.78 is 0. The summed E-state index contributed by atoms with van der Waals surface area (Å²) in [5, 5.41) is 3.55. The Balaban J connectivity index is 2.54. The predicted molar refractivity (Wildman–Crippen MR) is 42.6 cm³/mol. The summed E-state index contributed by atoms with van der Waals surface area (Å²) >= 11 is 0. The summed E-state index contributed by atoms with van der Waals surface area (Å²) in [6.45, 7) is 1.49. The molecule has 1 unspecified atom stereocenters. The van der Waals surface area contributed by atoms with Gasteiger partial charge in [0.1, 0.15) is 0 Å². The maximum Gasteiger partial charge on any atom is 0.236 e. The summed E-state index contributed by atoms with van der Waals surface area (Å²) in [7, 11) is 3.69. The average Bonchev–Trinajstić information content (AvgIpc) is 1.99. The van der Waals surface area contributed by atoms with Crippen LogP contribution < -0.4 is 5.73 Å². The van der Waals surface area contributed by atoms with Gasteiger partial charge in [0, 0.05) is 27.1 Å². The van der Waals surface area contributed by atoms with Crippen LogP contribution in [-0.2, 0) is 4.79 Å². The first-order valence-corrected chi connectivity index (χ1v) is 3.82. The third kappa shape index (κ3) is 1.70. The van der Waals surface area contributed by atoms with Crippen molar-refractivity contribution >= 4 is 5.91 Å². The maximum atomic E-state index is 11.2. The van der Waals surface area contributed by atoms with Gasteiger partial charge in [-0.25, -0.2) is 5.01 Å². The van der Waals surface area contributed by atoms with E-state index >= 15 is 0 Å². The molecule has 1 aliphatic heterocycles. The van der Waals surface area contributed by atoms with Crippen LogP contribution in [0.5, 0.6) is 0 Å². The first kappa shape index (κ1) is 8.49. The highest BCUT2D eigenvalue weighted by atomic mass is 16.2. The number of carbonyl (C=O) groups excluding carboxylic acids is 1. The first-order valence-electron chi connectivity index (χ1n) is 3.82. The molecule has 0 bridgehead atoms. The number of hydrogen-bond donors (Lipinski definition) is 1. The lowest BCUT2D eigenvalue weighted by Gasteiger charge is -2.36. The van der Waals surface area contributed by atoms with E-state index in [0.29, 0.717) is 18.9 Å². The van der Waals surface area contributed by atoms with Crippen LogP contribution in [-0.4, -0.2) is 43.1 Å². The number of carbonyl (C=O) groups is 1. The zero-order chi connectivity index (χ0) is 8.43. The second-order valence-electron chi connectivity index (χ2n) is 3.06. The van der Waals surface area contributed by atoms with Gasteiger partial charge in [-0.15, -0.1) is 0 Å². The SMILES string of the molecule is CN1CC(CN)CC(=O)N1C. The van der Waals surface area contributed by atoms with E-state index in [9.17, 15) is 4.79 Å². The Labute approximate surface area is 66.9 Å². The van der Waals surface area contributed by atoms with Gasteiger partial charge >= 0.3 is 0 Å². The van der Waals surface area contributed by atoms with Crippen LogP contribution in [0.1, 0.15) is 6.42 Å². The minimum atomic E-state index is 0.161. The van der Waals surface area contributed by atoms with Crippen molar-refractivity contribution < 1.29 is 4.79 Å². The highest BCUT2D eigenvalue weighted by Gasteiger charge is 2.25. The number of nitrogens with zero attached hydrogens (tertiary/aromatic N) is 2. The fraction of sp³-hybridized carbons (Fsp3) is 0.857. The van der Waals surface area contributed by atoms with Crippen LogP contribution in [0.4, 0.5) is 0 Å². The molecule has 4 heteroatoms. The first-order chi connectivity index (χ1) is 5.15. The van der Waals surface area contributed by atoms with Crippen molar-refractivity contribution in [2.45, 2.75) is 6.42 Å². The van der Waals surface area contributed by atoms with Crippen molar-refractivity contribution in [2.75, 3.05) is 27.2 Å². The smallest absolute Gasteiger partial charge is 0.236 e. The molecule has 0 radical (unpaired) electrons. The van der Waals surface area contributed by atoms with Gasteiger partial charge < -0.3 is 5.73 Å².